The van der Waals surface area contributed by atoms with Crippen LogP contribution in [0.5, 0.6) is 0 Å². The van der Waals surface area contributed by atoms with Crippen molar-refractivity contribution in [3.05, 3.63) is 46.8 Å². The number of nitrogens with one attached hydrogen (secondary N) is 1. The number of aryl methyl sites for hydroxylation is 2. The van der Waals surface area contributed by atoms with Crippen LogP contribution in [0.2, 0.25) is 0 Å². The lowest BCUT2D eigenvalue weighted by molar-refractivity contribution is 0.610. The van der Waals surface area contributed by atoms with Crippen molar-refractivity contribution < 1.29 is 4.39 Å². The molecule has 2 aromatic rings. The molecular weight excluding hydrogens is 257 g/mol. The van der Waals surface area contributed by atoms with Crippen molar-refractivity contribution in [2.24, 2.45) is 5.73 Å². The molecule has 1 heterocycles. The highest BCUT2D eigenvalue weighted by atomic mass is 19.1. The van der Waals surface area contributed by atoms with Crippen LogP contribution in [0, 0.1) is 11.2 Å². The molecule has 0 amide bonds. The maximum Gasteiger partial charge on any atom is 0.150 e. The number of benzene rings is 1. The normalized spacial score (nSPS) is 10.8. The fraction of sp³-hybridized carbons (Fsp3) is 0.357. The minimum Gasteiger partial charge on any atom is -0.384 e. The Morgan fingerprint density at radius 3 is 2.65 bits per heavy atom. The first-order valence-electron chi connectivity index (χ1n) is 6.60. The number of nitrogen functional groups attached to an aromatic ring is 1. The zero-order chi connectivity index (χ0) is 14.7. The number of nitrogens with zero attached hydrogens (tertiary/aromatic N) is 3. The van der Waals surface area contributed by atoms with Gasteiger partial charge >= 0.3 is 0 Å². The number of hydrogen-bond donors (Lipinski definition) is 2. The Balaban J connectivity index is 2.34. The van der Waals surface area contributed by atoms with Crippen LogP contribution < -0.4 is 5.73 Å². The lowest BCUT2D eigenvalue weighted by Crippen LogP contribution is -2.13. The maximum atomic E-state index is 13.5. The second-order valence-corrected chi connectivity index (χ2v) is 4.57. The Kier molecular flexibility index (Phi) is 4.12. The molecule has 1 aromatic heterocycles. The van der Waals surface area contributed by atoms with Gasteiger partial charge in [0.25, 0.3) is 0 Å². The van der Waals surface area contributed by atoms with Gasteiger partial charge in [-0.1, -0.05) is 13.8 Å². The standard InChI is InChI=1S/C14H18FN5/c1-3-12-18-13(4-2)20(19-12)8-9-5-10(14(16)17)7-11(15)6-9/h5-7H,3-4,8H2,1-2H3,(H3,16,17). The summed E-state index contributed by atoms with van der Waals surface area (Å²) in [5.74, 6) is 1.11. The van der Waals surface area contributed by atoms with Crippen LogP contribution in [0.15, 0.2) is 18.2 Å². The van der Waals surface area contributed by atoms with Crippen molar-refractivity contribution >= 4 is 5.84 Å². The Labute approximate surface area is 117 Å². The minimum atomic E-state index is -0.401. The van der Waals surface area contributed by atoms with Gasteiger partial charge in [0, 0.05) is 18.4 Å². The summed E-state index contributed by atoms with van der Waals surface area (Å²) in [5.41, 5.74) is 6.51. The third-order valence-electron chi connectivity index (χ3n) is 3.03. The molecule has 0 saturated carbocycles. The van der Waals surface area contributed by atoms with Crippen LogP contribution in [-0.4, -0.2) is 20.6 Å². The van der Waals surface area contributed by atoms with Crippen molar-refractivity contribution in [3.63, 3.8) is 0 Å². The Morgan fingerprint density at radius 1 is 1.30 bits per heavy atom. The first-order chi connectivity index (χ1) is 9.53. The average Bonchev–Trinajstić information content (AvgIpc) is 2.80. The number of halogens is 1. The van der Waals surface area contributed by atoms with E-state index in [2.05, 4.69) is 10.1 Å². The maximum absolute atomic E-state index is 13.5. The summed E-state index contributed by atoms with van der Waals surface area (Å²) in [6, 6.07) is 4.39. The molecule has 0 radical (unpaired) electrons. The van der Waals surface area contributed by atoms with Crippen LogP contribution in [0.4, 0.5) is 4.39 Å². The molecule has 106 valence electrons. The molecule has 0 bridgehead atoms. The molecule has 0 saturated heterocycles. The van der Waals surface area contributed by atoms with E-state index in [1.54, 1.807) is 10.7 Å². The summed E-state index contributed by atoms with van der Waals surface area (Å²) in [6.45, 7) is 4.43. The Bertz CT molecular complexity index is 632. The highest BCUT2D eigenvalue weighted by Gasteiger charge is 2.09. The van der Waals surface area contributed by atoms with E-state index in [9.17, 15) is 4.39 Å². The monoisotopic (exact) mass is 275 g/mol. The highest BCUT2D eigenvalue weighted by molar-refractivity contribution is 5.95. The average molecular weight is 275 g/mol. The zero-order valence-corrected chi connectivity index (χ0v) is 11.7. The SMILES string of the molecule is CCc1nc(CC)n(Cc2cc(F)cc(C(=N)N)c2)n1. The van der Waals surface area contributed by atoms with E-state index in [4.69, 9.17) is 11.1 Å². The van der Waals surface area contributed by atoms with Crippen molar-refractivity contribution in [2.75, 3.05) is 0 Å². The topological polar surface area (TPSA) is 80.6 Å². The fourth-order valence-electron chi connectivity index (χ4n) is 2.03. The number of rotatable bonds is 5. The Hall–Kier alpha value is -2.24. The number of hydrogen-bond acceptors (Lipinski definition) is 3. The molecule has 3 N–H and O–H groups in total. The van der Waals surface area contributed by atoms with Crippen molar-refractivity contribution in [3.8, 4) is 0 Å². The first-order valence-corrected chi connectivity index (χ1v) is 6.60. The summed E-state index contributed by atoms with van der Waals surface area (Å²) in [5, 5.41) is 11.8. The molecule has 20 heavy (non-hydrogen) atoms. The third-order valence-corrected chi connectivity index (χ3v) is 3.03. The van der Waals surface area contributed by atoms with E-state index in [-0.39, 0.29) is 5.84 Å². The molecule has 0 aliphatic rings. The van der Waals surface area contributed by atoms with E-state index >= 15 is 0 Å². The molecule has 5 nitrogen and oxygen atoms in total. The first kappa shape index (κ1) is 14.2. The van der Waals surface area contributed by atoms with Gasteiger partial charge in [-0.25, -0.2) is 14.1 Å². The van der Waals surface area contributed by atoms with Gasteiger partial charge in [0.15, 0.2) is 5.82 Å². The van der Waals surface area contributed by atoms with Gasteiger partial charge in [-0.15, -0.1) is 0 Å². The highest BCUT2D eigenvalue weighted by Crippen LogP contribution is 2.12. The number of nitrogens with two attached hydrogens (primary N) is 1. The summed E-state index contributed by atoms with van der Waals surface area (Å²) >= 11 is 0. The molecule has 2 rings (SSSR count). The van der Waals surface area contributed by atoms with Crippen LogP contribution in [0.1, 0.15) is 36.6 Å². The van der Waals surface area contributed by atoms with Gasteiger partial charge in [-0.3, -0.25) is 5.41 Å². The zero-order valence-electron chi connectivity index (χ0n) is 11.7. The number of amidine groups is 1. The summed E-state index contributed by atoms with van der Waals surface area (Å²) in [6.07, 6.45) is 1.53. The van der Waals surface area contributed by atoms with Gasteiger partial charge in [-0.05, 0) is 23.8 Å². The summed E-state index contributed by atoms with van der Waals surface area (Å²) in [7, 11) is 0. The van der Waals surface area contributed by atoms with E-state index in [1.165, 1.54) is 12.1 Å². The van der Waals surface area contributed by atoms with Gasteiger partial charge in [-0.2, -0.15) is 5.10 Å². The van der Waals surface area contributed by atoms with Gasteiger partial charge < -0.3 is 5.73 Å². The van der Waals surface area contributed by atoms with E-state index in [0.29, 0.717) is 12.1 Å². The summed E-state index contributed by atoms with van der Waals surface area (Å²) in [4.78, 5) is 4.41. The van der Waals surface area contributed by atoms with Crippen molar-refractivity contribution in [2.45, 2.75) is 33.2 Å². The molecule has 1 aromatic carbocycles. The molecule has 0 spiro atoms. The molecule has 0 aliphatic heterocycles. The van der Waals surface area contributed by atoms with Gasteiger partial charge in [0.05, 0.1) is 6.54 Å². The quantitative estimate of drug-likeness (QED) is 0.645. The molecule has 0 atom stereocenters. The van der Waals surface area contributed by atoms with Crippen molar-refractivity contribution in [1.82, 2.24) is 14.8 Å². The van der Waals surface area contributed by atoms with Crippen LogP contribution in [0.3, 0.4) is 0 Å². The second kappa shape index (κ2) is 5.81. The van der Waals surface area contributed by atoms with E-state index in [0.717, 1.165) is 30.1 Å². The molecular formula is C14H18FN5. The predicted octanol–water partition coefficient (Wildman–Crippen LogP) is 1.87. The van der Waals surface area contributed by atoms with E-state index < -0.39 is 5.82 Å². The molecule has 0 aliphatic carbocycles. The van der Waals surface area contributed by atoms with Crippen LogP contribution in [0.25, 0.3) is 0 Å². The van der Waals surface area contributed by atoms with E-state index in [1.807, 2.05) is 13.8 Å². The molecule has 0 fully saturated rings. The van der Waals surface area contributed by atoms with Crippen LogP contribution >= 0.6 is 0 Å². The minimum absolute atomic E-state index is 0.144. The van der Waals surface area contributed by atoms with Gasteiger partial charge in [0.2, 0.25) is 0 Å². The lowest BCUT2D eigenvalue weighted by atomic mass is 10.1. The largest absolute Gasteiger partial charge is 0.384 e. The molecule has 6 heteroatoms. The smallest absolute Gasteiger partial charge is 0.150 e. The second-order valence-electron chi connectivity index (χ2n) is 4.57. The predicted molar refractivity (Wildman–Crippen MR) is 75.3 cm³/mol. The van der Waals surface area contributed by atoms with Gasteiger partial charge in [0.1, 0.15) is 17.5 Å². The Morgan fingerprint density at radius 2 is 2.05 bits per heavy atom. The number of aromatic nitrogens is 3. The third kappa shape index (κ3) is 3.01. The summed E-state index contributed by atoms with van der Waals surface area (Å²) < 4.78 is 15.3. The van der Waals surface area contributed by atoms with Crippen LogP contribution in [-0.2, 0) is 19.4 Å². The molecule has 0 unspecified atom stereocenters. The van der Waals surface area contributed by atoms with Crippen molar-refractivity contribution in [1.29, 1.82) is 5.41 Å². The fourth-order valence-corrected chi connectivity index (χ4v) is 2.03. The lowest BCUT2D eigenvalue weighted by Gasteiger charge is -2.07.